The van der Waals surface area contributed by atoms with Crippen LogP contribution in [0, 0.1) is 6.92 Å². The maximum absolute atomic E-state index is 11.7. The van der Waals surface area contributed by atoms with Crippen LogP contribution in [0.25, 0.3) is 0 Å². The molecule has 0 aliphatic rings. The smallest absolute Gasteiger partial charge is 0.358 e. The van der Waals surface area contributed by atoms with E-state index in [1.165, 1.54) is 10.9 Å². The molecule has 20 heavy (non-hydrogen) atoms. The van der Waals surface area contributed by atoms with Crippen LogP contribution in [0.5, 0.6) is 0 Å². The predicted molar refractivity (Wildman–Crippen MR) is 70.0 cm³/mol. The standard InChI is InChI=1S/C13H14N4O3/c1-9-2-4-10(5-3-9)6-14-12(18)8-17-7-11(13(19)20)15-16-17/h2-5,7H,6,8H2,1H3,(H,14,18)(H,19,20). The second-order valence-electron chi connectivity index (χ2n) is 4.37. The third-order valence-corrected chi connectivity index (χ3v) is 2.67. The Morgan fingerprint density at radius 1 is 1.30 bits per heavy atom. The number of nitrogens with zero attached hydrogens (tertiary/aromatic N) is 3. The number of aryl methyl sites for hydroxylation is 1. The molecule has 1 amide bonds. The topological polar surface area (TPSA) is 97.1 Å². The Bertz CT molecular complexity index is 619. The summed E-state index contributed by atoms with van der Waals surface area (Å²) < 4.78 is 1.19. The summed E-state index contributed by atoms with van der Waals surface area (Å²) in [6.45, 7) is 2.35. The molecule has 1 aromatic heterocycles. The van der Waals surface area contributed by atoms with Gasteiger partial charge in [-0.15, -0.1) is 5.10 Å². The Kier molecular flexibility index (Phi) is 4.09. The lowest BCUT2D eigenvalue weighted by Gasteiger charge is -2.05. The van der Waals surface area contributed by atoms with Crippen LogP contribution >= 0.6 is 0 Å². The monoisotopic (exact) mass is 274 g/mol. The zero-order valence-corrected chi connectivity index (χ0v) is 10.9. The molecule has 0 spiro atoms. The van der Waals surface area contributed by atoms with Crippen molar-refractivity contribution in [1.82, 2.24) is 20.3 Å². The highest BCUT2D eigenvalue weighted by atomic mass is 16.4. The molecule has 0 aliphatic heterocycles. The molecule has 0 bridgehead atoms. The highest BCUT2D eigenvalue weighted by Crippen LogP contribution is 2.02. The summed E-state index contributed by atoms with van der Waals surface area (Å²) in [6.07, 6.45) is 1.22. The van der Waals surface area contributed by atoms with E-state index in [9.17, 15) is 9.59 Å². The predicted octanol–water partition coefficient (Wildman–Crippen LogP) is 0.601. The summed E-state index contributed by atoms with van der Waals surface area (Å²) in [6, 6.07) is 7.82. The molecule has 0 fully saturated rings. The number of aromatic carboxylic acids is 1. The normalized spacial score (nSPS) is 10.2. The van der Waals surface area contributed by atoms with Gasteiger partial charge in [-0.1, -0.05) is 35.0 Å². The van der Waals surface area contributed by atoms with Crippen LogP contribution in [-0.4, -0.2) is 32.0 Å². The number of nitrogens with one attached hydrogen (secondary N) is 1. The fourth-order valence-electron chi connectivity index (χ4n) is 1.58. The lowest BCUT2D eigenvalue weighted by Crippen LogP contribution is -2.27. The van der Waals surface area contributed by atoms with Gasteiger partial charge in [0.15, 0.2) is 5.69 Å². The molecule has 0 aliphatic carbocycles. The summed E-state index contributed by atoms with van der Waals surface area (Å²) in [5.74, 6) is -1.43. The number of carboxylic acid groups (broad SMARTS) is 1. The van der Waals surface area contributed by atoms with Gasteiger partial charge < -0.3 is 10.4 Å². The molecule has 2 N–H and O–H groups in total. The van der Waals surface area contributed by atoms with E-state index in [0.29, 0.717) is 6.54 Å². The lowest BCUT2D eigenvalue weighted by atomic mass is 10.1. The summed E-state index contributed by atoms with van der Waals surface area (Å²) in [4.78, 5) is 22.3. The van der Waals surface area contributed by atoms with Gasteiger partial charge in [0.2, 0.25) is 5.91 Å². The van der Waals surface area contributed by atoms with E-state index in [-0.39, 0.29) is 18.1 Å². The highest BCUT2D eigenvalue weighted by Gasteiger charge is 2.10. The molecule has 104 valence electrons. The van der Waals surface area contributed by atoms with Crippen molar-refractivity contribution in [1.29, 1.82) is 0 Å². The van der Waals surface area contributed by atoms with Gasteiger partial charge in [0.25, 0.3) is 0 Å². The second-order valence-corrected chi connectivity index (χ2v) is 4.37. The minimum Gasteiger partial charge on any atom is -0.476 e. The summed E-state index contributed by atoms with van der Waals surface area (Å²) in [7, 11) is 0. The van der Waals surface area contributed by atoms with Crippen molar-refractivity contribution < 1.29 is 14.7 Å². The van der Waals surface area contributed by atoms with Crippen molar-refractivity contribution in [3.05, 3.63) is 47.3 Å². The van der Waals surface area contributed by atoms with E-state index in [4.69, 9.17) is 5.11 Å². The van der Waals surface area contributed by atoms with Crippen LogP contribution in [0.1, 0.15) is 21.6 Å². The van der Waals surface area contributed by atoms with E-state index in [2.05, 4.69) is 15.6 Å². The zero-order valence-electron chi connectivity index (χ0n) is 10.9. The van der Waals surface area contributed by atoms with Crippen LogP contribution in [0.4, 0.5) is 0 Å². The van der Waals surface area contributed by atoms with E-state index < -0.39 is 5.97 Å². The van der Waals surface area contributed by atoms with Gasteiger partial charge in [-0.2, -0.15) is 0 Å². The minimum absolute atomic E-state index is 0.0634. The third kappa shape index (κ3) is 3.64. The Labute approximate surface area is 115 Å². The quantitative estimate of drug-likeness (QED) is 0.832. The summed E-state index contributed by atoms with van der Waals surface area (Å²) >= 11 is 0. The Morgan fingerprint density at radius 3 is 2.60 bits per heavy atom. The molecule has 0 unspecified atom stereocenters. The number of amides is 1. The van der Waals surface area contributed by atoms with Crippen molar-refractivity contribution >= 4 is 11.9 Å². The van der Waals surface area contributed by atoms with Crippen molar-refractivity contribution in [2.75, 3.05) is 0 Å². The van der Waals surface area contributed by atoms with Crippen molar-refractivity contribution in [3.63, 3.8) is 0 Å². The first-order valence-electron chi connectivity index (χ1n) is 6.00. The van der Waals surface area contributed by atoms with Crippen LogP contribution in [0.3, 0.4) is 0 Å². The average molecular weight is 274 g/mol. The fraction of sp³-hybridized carbons (Fsp3) is 0.231. The van der Waals surface area contributed by atoms with Crippen LogP contribution in [0.2, 0.25) is 0 Å². The minimum atomic E-state index is -1.17. The largest absolute Gasteiger partial charge is 0.476 e. The Balaban J connectivity index is 1.85. The number of hydrogen-bond acceptors (Lipinski definition) is 4. The first-order chi connectivity index (χ1) is 9.54. The molecule has 2 rings (SSSR count). The molecule has 0 atom stereocenters. The molecule has 0 radical (unpaired) electrons. The average Bonchev–Trinajstić information content (AvgIpc) is 2.87. The number of rotatable bonds is 5. The van der Waals surface area contributed by atoms with Crippen LogP contribution in [0.15, 0.2) is 30.5 Å². The maximum atomic E-state index is 11.7. The number of carboxylic acids is 1. The van der Waals surface area contributed by atoms with Gasteiger partial charge in [-0.05, 0) is 12.5 Å². The summed E-state index contributed by atoms with van der Waals surface area (Å²) in [5, 5.41) is 18.4. The number of carbonyl (C=O) groups is 2. The molecule has 2 aromatic rings. The van der Waals surface area contributed by atoms with Gasteiger partial charge in [-0.3, -0.25) is 4.79 Å². The lowest BCUT2D eigenvalue weighted by molar-refractivity contribution is -0.122. The molecular weight excluding hydrogens is 260 g/mol. The van der Waals surface area contributed by atoms with Gasteiger partial charge in [0.1, 0.15) is 6.54 Å². The first kappa shape index (κ1) is 13.7. The van der Waals surface area contributed by atoms with Gasteiger partial charge in [0.05, 0.1) is 6.20 Å². The van der Waals surface area contributed by atoms with E-state index >= 15 is 0 Å². The highest BCUT2D eigenvalue weighted by molar-refractivity contribution is 5.84. The summed E-state index contributed by atoms with van der Waals surface area (Å²) in [5.41, 5.74) is 1.97. The Hall–Kier alpha value is -2.70. The third-order valence-electron chi connectivity index (χ3n) is 2.67. The van der Waals surface area contributed by atoms with Crippen molar-refractivity contribution in [2.45, 2.75) is 20.0 Å². The van der Waals surface area contributed by atoms with Crippen LogP contribution in [-0.2, 0) is 17.9 Å². The molecular formula is C13H14N4O3. The van der Waals surface area contributed by atoms with Gasteiger partial charge in [0, 0.05) is 6.54 Å². The maximum Gasteiger partial charge on any atom is 0.358 e. The van der Waals surface area contributed by atoms with Crippen LogP contribution < -0.4 is 5.32 Å². The van der Waals surface area contributed by atoms with Gasteiger partial charge in [-0.25, -0.2) is 9.48 Å². The molecule has 7 nitrogen and oxygen atoms in total. The molecule has 1 aromatic carbocycles. The number of aromatic nitrogens is 3. The zero-order chi connectivity index (χ0) is 14.5. The SMILES string of the molecule is Cc1ccc(CNC(=O)Cn2cc(C(=O)O)nn2)cc1. The molecule has 1 heterocycles. The molecule has 0 saturated carbocycles. The number of benzene rings is 1. The number of carbonyl (C=O) groups excluding carboxylic acids is 1. The van der Waals surface area contributed by atoms with Crippen molar-refractivity contribution in [3.8, 4) is 0 Å². The molecule has 7 heteroatoms. The van der Waals surface area contributed by atoms with E-state index in [0.717, 1.165) is 11.1 Å². The fourth-order valence-corrected chi connectivity index (χ4v) is 1.58. The first-order valence-corrected chi connectivity index (χ1v) is 6.00. The van der Waals surface area contributed by atoms with Gasteiger partial charge >= 0.3 is 5.97 Å². The Morgan fingerprint density at radius 2 is 2.00 bits per heavy atom. The van der Waals surface area contributed by atoms with E-state index in [1.54, 1.807) is 0 Å². The van der Waals surface area contributed by atoms with Crippen molar-refractivity contribution in [2.24, 2.45) is 0 Å². The van der Waals surface area contributed by atoms with E-state index in [1.807, 2.05) is 31.2 Å². The second kappa shape index (κ2) is 5.96. The number of hydrogen-bond donors (Lipinski definition) is 2. The molecule has 0 saturated heterocycles.